The second-order valence-corrected chi connectivity index (χ2v) is 11.3. The number of fused-ring (bicyclic) bond motifs is 1. The van der Waals surface area contributed by atoms with E-state index in [1.165, 1.54) is 30.6 Å². The number of aliphatic hydroxyl groups excluding tert-OH is 2. The molecule has 6 heteroatoms. The van der Waals surface area contributed by atoms with Gasteiger partial charge in [-0.15, -0.1) is 11.8 Å². The fourth-order valence-electron chi connectivity index (χ4n) is 5.01. The molecule has 5 N–H and O–H groups in total. The number of piperidine rings is 1. The number of nitrogens with two attached hydrogens (primary N) is 1. The van der Waals surface area contributed by atoms with Gasteiger partial charge in [0.15, 0.2) is 0 Å². The van der Waals surface area contributed by atoms with E-state index in [1.807, 2.05) is 18.2 Å². The molecular formula is C24H41N3O2S. The molecule has 1 aromatic rings. The third-order valence-electron chi connectivity index (χ3n) is 6.60. The second-order valence-electron chi connectivity index (χ2n) is 10.3. The number of rotatable bonds is 8. The topological polar surface area (TPSA) is 81.8 Å². The van der Waals surface area contributed by atoms with Gasteiger partial charge >= 0.3 is 0 Å². The van der Waals surface area contributed by atoms with Gasteiger partial charge in [-0.3, -0.25) is 10.2 Å². The number of hydrogen-bond acceptors (Lipinski definition) is 6. The van der Waals surface area contributed by atoms with Crippen LogP contribution in [-0.2, 0) is 0 Å². The second kappa shape index (κ2) is 10.8. The van der Waals surface area contributed by atoms with Crippen LogP contribution in [0.4, 0.5) is 0 Å². The Kier molecular flexibility index (Phi) is 8.64. The molecule has 1 aromatic carbocycles. The van der Waals surface area contributed by atoms with E-state index < -0.39 is 12.3 Å². The lowest BCUT2D eigenvalue weighted by atomic mass is 9.72. The van der Waals surface area contributed by atoms with Crippen LogP contribution in [0.5, 0.6) is 0 Å². The largest absolute Gasteiger partial charge is 0.390 e. The van der Waals surface area contributed by atoms with Crippen LogP contribution < -0.4 is 11.1 Å². The Morgan fingerprint density at radius 2 is 1.80 bits per heavy atom. The third-order valence-corrected chi connectivity index (χ3v) is 7.75. The fourth-order valence-corrected chi connectivity index (χ4v) is 5.96. The quantitative estimate of drug-likeness (QED) is 0.371. The highest BCUT2D eigenvalue weighted by Gasteiger charge is 2.41. The molecule has 30 heavy (non-hydrogen) atoms. The first-order valence-electron chi connectivity index (χ1n) is 11.5. The minimum Gasteiger partial charge on any atom is -0.390 e. The molecule has 6 atom stereocenters. The maximum Gasteiger partial charge on any atom is 0.121 e. The summed E-state index contributed by atoms with van der Waals surface area (Å²) in [6.07, 6.45) is 4.94. The molecule has 0 bridgehead atoms. The van der Waals surface area contributed by atoms with Crippen molar-refractivity contribution in [3.8, 4) is 0 Å². The Hall–Kier alpha value is -0.630. The van der Waals surface area contributed by atoms with Crippen molar-refractivity contribution in [2.24, 2.45) is 17.6 Å². The van der Waals surface area contributed by atoms with Crippen molar-refractivity contribution < 1.29 is 10.2 Å². The van der Waals surface area contributed by atoms with Crippen molar-refractivity contribution in [3.05, 3.63) is 30.3 Å². The van der Waals surface area contributed by atoms with Gasteiger partial charge in [0.05, 0.1) is 6.10 Å². The van der Waals surface area contributed by atoms with Crippen LogP contribution in [0.15, 0.2) is 35.2 Å². The lowest BCUT2D eigenvalue weighted by molar-refractivity contribution is -0.0625. The van der Waals surface area contributed by atoms with Gasteiger partial charge in [-0.1, -0.05) is 37.5 Å². The van der Waals surface area contributed by atoms with Gasteiger partial charge in [0.25, 0.3) is 0 Å². The maximum absolute atomic E-state index is 11.0. The normalized spacial score (nSPS) is 28.5. The summed E-state index contributed by atoms with van der Waals surface area (Å²) in [5, 5.41) is 25.3. The summed E-state index contributed by atoms with van der Waals surface area (Å²) in [6.45, 7) is 7.72. The van der Waals surface area contributed by atoms with Crippen molar-refractivity contribution in [1.82, 2.24) is 10.2 Å². The number of likely N-dealkylation sites (tertiary alicyclic amines) is 1. The standard InChI is InChI=1S/C24H41N3O2S/c1-24(2,3)26-23(29)21-13-17-9-7-8-10-18(17)14-27(21)15-22(28)20(25)16-30-19-11-5-4-6-12-19/h4-6,11-12,17-18,20-23,26,28-29H,7-10,13-16,25H2,1-3H3/t17-,18+,20-,21-,22+,23+/m0/s1. The van der Waals surface area contributed by atoms with E-state index in [0.717, 1.165) is 13.0 Å². The first kappa shape index (κ1) is 24.0. The predicted molar refractivity (Wildman–Crippen MR) is 125 cm³/mol. The minimum atomic E-state index is -0.606. The number of hydrogen-bond donors (Lipinski definition) is 4. The zero-order valence-corrected chi connectivity index (χ0v) is 19.7. The zero-order chi connectivity index (χ0) is 21.7. The first-order chi connectivity index (χ1) is 14.2. The Balaban J connectivity index is 1.61. The fraction of sp³-hybridized carbons (Fsp3) is 0.750. The van der Waals surface area contributed by atoms with Crippen molar-refractivity contribution in [2.45, 2.75) is 87.7 Å². The minimum absolute atomic E-state index is 0.0206. The average molecular weight is 436 g/mol. The smallest absolute Gasteiger partial charge is 0.121 e. The molecule has 2 aliphatic rings. The molecule has 170 valence electrons. The van der Waals surface area contributed by atoms with Gasteiger partial charge in [0, 0.05) is 41.4 Å². The van der Waals surface area contributed by atoms with Crippen molar-refractivity contribution in [2.75, 3.05) is 18.8 Å². The molecule has 1 aliphatic carbocycles. The molecule has 0 spiro atoms. The number of benzene rings is 1. The van der Waals surface area contributed by atoms with E-state index in [2.05, 4.69) is 43.1 Å². The lowest BCUT2D eigenvalue weighted by Crippen LogP contribution is -2.61. The van der Waals surface area contributed by atoms with Gasteiger partial charge in [0.1, 0.15) is 6.23 Å². The number of β-amino-alcohol motifs (C(OH)–C–C–N with tert-alkyl or cyclic N) is 1. The summed E-state index contributed by atoms with van der Waals surface area (Å²) in [7, 11) is 0. The van der Waals surface area contributed by atoms with Crippen LogP contribution >= 0.6 is 11.8 Å². The predicted octanol–water partition coefficient (Wildman–Crippen LogP) is 3.05. The van der Waals surface area contributed by atoms with E-state index in [9.17, 15) is 10.2 Å². The summed E-state index contributed by atoms with van der Waals surface area (Å²) in [5.41, 5.74) is 6.20. The third kappa shape index (κ3) is 6.94. The Bertz CT molecular complexity index is 639. The van der Waals surface area contributed by atoms with Crippen LogP contribution in [0, 0.1) is 11.8 Å². The summed E-state index contributed by atoms with van der Waals surface area (Å²) in [6, 6.07) is 9.91. The Morgan fingerprint density at radius 1 is 1.13 bits per heavy atom. The molecule has 1 aliphatic heterocycles. The summed E-state index contributed by atoms with van der Waals surface area (Å²) in [5.74, 6) is 2.05. The number of thioether (sulfide) groups is 1. The molecule has 3 rings (SSSR count). The van der Waals surface area contributed by atoms with Crippen molar-refractivity contribution in [3.63, 3.8) is 0 Å². The van der Waals surface area contributed by atoms with Crippen LogP contribution in [0.1, 0.15) is 52.9 Å². The van der Waals surface area contributed by atoms with E-state index in [-0.39, 0.29) is 17.6 Å². The molecule has 1 saturated carbocycles. The summed E-state index contributed by atoms with van der Waals surface area (Å²) < 4.78 is 0. The Morgan fingerprint density at radius 3 is 2.47 bits per heavy atom. The van der Waals surface area contributed by atoms with Gasteiger partial charge in [-0.25, -0.2) is 0 Å². The lowest BCUT2D eigenvalue weighted by Gasteiger charge is -2.49. The van der Waals surface area contributed by atoms with E-state index in [0.29, 0.717) is 24.1 Å². The van der Waals surface area contributed by atoms with Crippen LogP contribution in [0.2, 0.25) is 0 Å². The van der Waals surface area contributed by atoms with Crippen LogP contribution in [-0.4, -0.2) is 63.9 Å². The highest BCUT2D eigenvalue weighted by Crippen LogP contribution is 2.39. The van der Waals surface area contributed by atoms with Gasteiger partial charge < -0.3 is 15.9 Å². The van der Waals surface area contributed by atoms with E-state index in [4.69, 9.17) is 5.73 Å². The number of nitrogens with one attached hydrogen (secondary N) is 1. The van der Waals surface area contributed by atoms with E-state index >= 15 is 0 Å². The molecule has 0 unspecified atom stereocenters. The average Bonchev–Trinajstić information content (AvgIpc) is 2.71. The highest BCUT2D eigenvalue weighted by atomic mass is 32.2. The molecule has 0 aromatic heterocycles. The molecule has 1 saturated heterocycles. The SMILES string of the molecule is CC(C)(C)N[C@H](O)[C@@H]1C[C@@H]2CCCC[C@@H]2CN1C[C@@H](O)[C@@H](N)CSc1ccccc1. The molecule has 5 nitrogen and oxygen atoms in total. The summed E-state index contributed by atoms with van der Waals surface area (Å²) >= 11 is 1.69. The van der Waals surface area contributed by atoms with E-state index in [1.54, 1.807) is 11.8 Å². The molecular weight excluding hydrogens is 394 g/mol. The highest BCUT2D eigenvalue weighted by molar-refractivity contribution is 7.99. The molecule has 0 amide bonds. The van der Waals surface area contributed by atoms with Gasteiger partial charge in [-0.05, 0) is 57.6 Å². The Labute approximate surface area is 186 Å². The van der Waals surface area contributed by atoms with Gasteiger partial charge in [0.2, 0.25) is 0 Å². The van der Waals surface area contributed by atoms with Crippen LogP contribution in [0.25, 0.3) is 0 Å². The van der Waals surface area contributed by atoms with Crippen molar-refractivity contribution in [1.29, 1.82) is 0 Å². The number of aliphatic hydroxyl groups is 2. The summed E-state index contributed by atoms with van der Waals surface area (Å²) in [4.78, 5) is 3.49. The van der Waals surface area contributed by atoms with Gasteiger partial charge in [-0.2, -0.15) is 0 Å². The maximum atomic E-state index is 11.0. The molecule has 0 radical (unpaired) electrons. The zero-order valence-electron chi connectivity index (χ0n) is 18.8. The molecule has 2 fully saturated rings. The monoisotopic (exact) mass is 435 g/mol. The van der Waals surface area contributed by atoms with Crippen LogP contribution in [0.3, 0.4) is 0 Å². The number of nitrogens with zero attached hydrogens (tertiary/aromatic N) is 1. The van der Waals surface area contributed by atoms with Crippen molar-refractivity contribution >= 4 is 11.8 Å². The molecule has 1 heterocycles. The first-order valence-corrected chi connectivity index (χ1v) is 12.5.